The lowest BCUT2D eigenvalue weighted by Crippen LogP contribution is -2.55. The molecule has 1 aromatic carbocycles. The molecule has 0 bridgehead atoms. The number of likely N-dealkylation sites (tertiary alicyclic amines) is 2. The molecule has 2 fully saturated rings. The summed E-state index contributed by atoms with van der Waals surface area (Å²) in [5.74, 6) is -1.51. The van der Waals surface area contributed by atoms with Gasteiger partial charge < -0.3 is 10.0 Å². The fourth-order valence-corrected chi connectivity index (χ4v) is 4.15. The number of hydrogen-bond acceptors (Lipinski definition) is 3. The summed E-state index contributed by atoms with van der Waals surface area (Å²) < 4.78 is 0. The summed E-state index contributed by atoms with van der Waals surface area (Å²) in [5, 5.41) is 10.2. The number of piperidine rings is 1. The topological polar surface area (TPSA) is 60.9 Å². The van der Waals surface area contributed by atoms with E-state index in [9.17, 15) is 14.7 Å². The molecule has 0 aliphatic carbocycles. The van der Waals surface area contributed by atoms with Crippen LogP contribution < -0.4 is 0 Å². The molecule has 1 spiro atoms. The molecule has 0 saturated carbocycles. The van der Waals surface area contributed by atoms with Gasteiger partial charge in [0.25, 0.3) is 0 Å². The second-order valence-corrected chi connectivity index (χ2v) is 6.93. The molecule has 0 unspecified atom stereocenters. The Morgan fingerprint density at radius 2 is 2.00 bits per heavy atom. The monoisotopic (exact) mass is 336 g/mol. The van der Waals surface area contributed by atoms with E-state index in [0.717, 1.165) is 30.2 Å². The Labute approximate surface area is 140 Å². The van der Waals surface area contributed by atoms with Gasteiger partial charge in [-0.3, -0.25) is 14.5 Å². The fourth-order valence-electron chi connectivity index (χ4n) is 3.95. The predicted octanol–water partition coefficient (Wildman–Crippen LogP) is 2.24. The first kappa shape index (κ1) is 16.3. The number of carbonyl (C=O) groups excluding carboxylic acids is 1. The van der Waals surface area contributed by atoms with Crippen molar-refractivity contribution in [3.05, 3.63) is 34.9 Å². The van der Waals surface area contributed by atoms with Crippen LogP contribution in [0.15, 0.2) is 24.3 Å². The van der Waals surface area contributed by atoms with E-state index in [1.807, 2.05) is 24.3 Å². The molecule has 6 heteroatoms. The molecule has 2 saturated heterocycles. The van der Waals surface area contributed by atoms with Gasteiger partial charge in [0.05, 0.1) is 11.5 Å². The Bertz CT molecular complexity index is 626. The second-order valence-electron chi connectivity index (χ2n) is 6.52. The zero-order valence-electron chi connectivity index (χ0n) is 13.2. The van der Waals surface area contributed by atoms with E-state index in [0.29, 0.717) is 12.8 Å². The molecule has 1 atom stereocenters. The van der Waals surface area contributed by atoms with Crippen LogP contribution in [0.2, 0.25) is 5.02 Å². The fraction of sp³-hybridized carbons (Fsp3) is 0.529. The molecule has 5 nitrogen and oxygen atoms in total. The maximum atomic E-state index is 12.0. The average Bonchev–Trinajstić information content (AvgIpc) is 2.77. The molecule has 2 aliphatic heterocycles. The van der Waals surface area contributed by atoms with Crippen molar-refractivity contribution in [2.75, 3.05) is 20.1 Å². The Morgan fingerprint density at radius 1 is 1.35 bits per heavy atom. The number of nitrogens with zero attached hydrogens (tertiary/aromatic N) is 2. The minimum Gasteiger partial charge on any atom is -0.481 e. The smallest absolute Gasteiger partial charge is 0.309 e. The summed E-state index contributed by atoms with van der Waals surface area (Å²) in [6.45, 7) is 2.30. The van der Waals surface area contributed by atoms with E-state index in [2.05, 4.69) is 4.90 Å². The summed E-state index contributed by atoms with van der Waals surface area (Å²) in [5.41, 5.74) is 0.552. The number of benzene rings is 1. The van der Waals surface area contributed by atoms with Crippen LogP contribution in [0.3, 0.4) is 0 Å². The maximum Gasteiger partial charge on any atom is 0.309 e. The van der Waals surface area contributed by atoms with Gasteiger partial charge in [-0.2, -0.15) is 0 Å². The molecule has 1 N–H and O–H groups in total. The van der Waals surface area contributed by atoms with Crippen molar-refractivity contribution in [2.24, 2.45) is 5.92 Å². The van der Waals surface area contributed by atoms with Crippen molar-refractivity contribution < 1.29 is 14.7 Å². The van der Waals surface area contributed by atoms with Gasteiger partial charge in [-0.05, 0) is 24.5 Å². The van der Waals surface area contributed by atoms with Crippen LogP contribution in [0, 0.1) is 5.92 Å². The summed E-state index contributed by atoms with van der Waals surface area (Å²) in [6, 6.07) is 7.77. The van der Waals surface area contributed by atoms with Crippen LogP contribution in [-0.2, 0) is 16.1 Å². The minimum atomic E-state index is -0.859. The van der Waals surface area contributed by atoms with Crippen molar-refractivity contribution in [2.45, 2.75) is 31.3 Å². The lowest BCUT2D eigenvalue weighted by Gasteiger charge is -2.45. The molecule has 1 aromatic rings. The molecule has 3 rings (SSSR count). The Kier molecular flexibility index (Phi) is 4.34. The van der Waals surface area contributed by atoms with Gasteiger partial charge in [0.2, 0.25) is 5.91 Å². The Hall–Kier alpha value is -1.59. The van der Waals surface area contributed by atoms with E-state index < -0.39 is 17.4 Å². The van der Waals surface area contributed by atoms with Gasteiger partial charge in [0.1, 0.15) is 0 Å². The van der Waals surface area contributed by atoms with Gasteiger partial charge >= 0.3 is 5.97 Å². The highest BCUT2D eigenvalue weighted by Crippen LogP contribution is 2.43. The van der Waals surface area contributed by atoms with E-state index in [-0.39, 0.29) is 12.3 Å². The zero-order valence-corrected chi connectivity index (χ0v) is 13.9. The van der Waals surface area contributed by atoms with Crippen molar-refractivity contribution >= 4 is 23.5 Å². The van der Waals surface area contributed by atoms with Gasteiger partial charge in [-0.1, -0.05) is 29.8 Å². The van der Waals surface area contributed by atoms with Crippen molar-refractivity contribution in [3.63, 3.8) is 0 Å². The normalized spacial score (nSPS) is 24.3. The third-order valence-electron chi connectivity index (χ3n) is 5.44. The quantitative estimate of drug-likeness (QED) is 0.919. The van der Waals surface area contributed by atoms with E-state index >= 15 is 0 Å². The van der Waals surface area contributed by atoms with E-state index in [1.54, 1.807) is 11.9 Å². The van der Waals surface area contributed by atoms with Crippen molar-refractivity contribution in [3.8, 4) is 0 Å². The lowest BCUT2D eigenvalue weighted by molar-refractivity contribution is -0.146. The largest absolute Gasteiger partial charge is 0.481 e. The highest BCUT2D eigenvalue weighted by atomic mass is 35.5. The number of carboxylic acid groups (broad SMARTS) is 1. The zero-order chi connectivity index (χ0) is 16.6. The molecule has 0 radical (unpaired) electrons. The third-order valence-corrected chi connectivity index (χ3v) is 5.81. The first-order valence-electron chi connectivity index (χ1n) is 7.89. The number of halogens is 1. The highest BCUT2D eigenvalue weighted by Gasteiger charge is 2.55. The van der Waals surface area contributed by atoms with Crippen molar-refractivity contribution in [1.82, 2.24) is 9.80 Å². The van der Waals surface area contributed by atoms with Crippen LogP contribution in [-0.4, -0.2) is 52.5 Å². The molecule has 2 aliphatic rings. The molecule has 1 amide bonds. The van der Waals surface area contributed by atoms with Crippen LogP contribution >= 0.6 is 11.6 Å². The van der Waals surface area contributed by atoms with Gasteiger partial charge in [-0.15, -0.1) is 0 Å². The number of carbonyl (C=O) groups is 2. The molecule has 124 valence electrons. The second kappa shape index (κ2) is 6.13. The molecule has 0 aromatic heterocycles. The maximum absolute atomic E-state index is 12.0. The van der Waals surface area contributed by atoms with Gasteiger partial charge in [-0.25, -0.2) is 0 Å². The molecular weight excluding hydrogens is 316 g/mol. The Balaban J connectivity index is 1.71. The molecular formula is C17H21ClN2O3. The number of hydrogen-bond donors (Lipinski definition) is 1. The first-order chi connectivity index (χ1) is 10.9. The number of aliphatic carboxylic acids is 1. The van der Waals surface area contributed by atoms with Crippen LogP contribution in [0.1, 0.15) is 24.8 Å². The average molecular weight is 337 g/mol. The number of carboxylic acids is 1. The highest BCUT2D eigenvalue weighted by molar-refractivity contribution is 6.31. The van der Waals surface area contributed by atoms with Gasteiger partial charge in [0, 0.05) is 38.1 Å². The number of amides is 1. The predicted molar refractivity (Wildman–Crippen MR) is 87.2 cm³/mol. The Morgan fingerprint density at radius 3 is 2.61 bits per heavy atom. The lowest BCUT2D eigenvalue weighted by atomic mass is 9.77. The SMILES string of the molecule is CN1C(=O)C[C@H](C(=O)O)C12CCN(Cc1ccccc1Cl)CC2. The summed E-state index contributed by atoms with van der Waals surface area (Å²) in [6.07, 6.45) is 1.50. The molecule has 2 heterocycles. The van der Waals surface area contributed by atoms with Crippen LogP contribution in [0.4, 0.5) is 0 Å². The van der Waals surface area contributed by atoms with Gasteiger partial charge in [0.15, 0.2) is 0 Å². The van der Waals surface area contributed by atoms with Crippen LogP contribution in [0.5, 0.6) is 0 Å². The summed E-state index contributed by atoms with van der Waals surface area (Å²) in [4.78, 5) is 27.5. The minimum absolute atomic E-state index is 0.0584. The third kappa shape index (κ3) is 2.83. The first-order valence-corrected chi connectivity index (χ1v) is 8.27. The summed E-state index contributed by atoms with van der Waals surface area (Å²) in [7, 11) is 1.75. The van der Waals surface area contributed by atoms with E-state index in [1.165, 1.54) is 0 Å². The standard InChI is InChI=1S/C17H21ClN2O3/c1-19-15(21)10-13(16(22)23)17(19)6-8-20(9-7-17)11-12-4-2-3-5-14(12)18/h2-5,13H,6-11H2,1H3,(H,22,23)/t13-/m1/s1. The summed E-state index contributed by atoms with van der Waals surface area (Å²) >= 11 is 6.21. The number of rotatable bonds is 3. The van der Waals surface area contributed by atoms with Crippen LogP contribution in [0.25, 0.3) is 0 Å². The van der Waals surface area contributed by atoms with E-state index in [4.69, 9.17) is 11.6 Å². The van der Waals surface area contributed by atoms with Crippen molar-refractivity contribution in [1.29, 1.82) is 0 Å². The molecule has 23 heavy (non-hydrogen) atoms.